The summed E-state index contributed by atoms with van der Waals surface area (Å²) in [4.78, 5) is 25.8. The van der Waals surface area contributed by atoms with E-state index in [-0.39, 0.29) is 29.5 Å². The Balaban J connectivity index is 2.03. The van der Waals surface area contributed by atoms with Gasteiger partial charge in [0.05, 0.1) is 13.7 Å². The largest absolute Gasteiger partial charge is 0.493 e. The van der Waals surface area contributed by atoms with E-state index in [1.807, 2.05) is 19.1 Å². The van der Waals surface area contributed by atoms with E-state index in [0.29, 0.717) is 5.69 Å². The fraction of sp³-hybridized carbons (Fsp3) is 0.263. The van der Waals surface area contributed by atoms with E-state index >= 15 is 0 Å². The van der Waals surface area contributed by atoms with Crippen molar-refractivity contribution in [2.45, 2.75) is 13.5 Å². The third-order valence-corrected chi connectivity index (χ3v) is 3.69. The molecule has 6 nitrogen and oxygen atoms in total. The van der Waals surface area contributed by atoms with Crippen LogP contribution in [0.4, 0.5) is 14.5 Å². The first-order valence-electron chi connectivity index (χ1n) is 8.05. The molecule has 0 spiro atoms. The van der Waals surface area contributed by atoms with Crippen LogP contribution in [0.15, 0.2) is 42.5 Å². The lowest BCUT2D eigenvalue weighted by Gasteiger charge is -2.18. The van der Waals surface area contributed by atoms with E-state index in [1.54, 1.807) is 12.1 Å². The van der Waals surface area contributed by atoms with Crippen LogP contribution in [0.3, 0.4) is 0 Å². The van der Waals surface area contributed by atoms with Gasteiger partial charge in [0.25, 0.3) is 5.91 Å². The highest BCUT2D eigenvalue weighted by atomic mass is 19.3. The highest BCUT2D eigenvalue weighted by Crippen LogP contribution is 2.29. The molecule has 2 amide bonds. The topological polar surface area (TPSA) is 67.9 Å². The van der Waals surface area contributed by atoms with Crippen molar-refractivity contribution in [3.63, 3.8) is 0 Å². The number of aryl methyl sites for hydroxylation is 1. The smallest absolute Gasteiger partial charge is 0.387 e. The number of methoxy groups -OCH3 is 1. The Morgan fingerprint density at radius 3 is 2.37 bits per heavy atom. The molecule has 0 saturated heterocycles. The van der Waals surface area contributed by atoms with Gasteiger partial charge < -0.3 is 19.7 Å². The van der Waals surface area contributed by atoms with Gasteiger partial charge in [-0.3, -0.25) is 9.59 Å². The van der Waals surface area contributed by atoms with Crippen LogP contribution in [-0.2, 0) is 4.79 Å². The molecular formula is C19H20F2N2O4. The lowest BCUT2D eigenvalue weighted by molar-refractivity contribution is -0.116. The highest BCUT2D eigenvalue weighted by Gasteiger charge is 2.18. The molecule has 0 atom stereocenters. The molecule has 2 aromatic carbocycles. The van der Waals surface area contributed by atoms with Gasteiger partial charge in [0.2, 0.25) is 5.91 Å². The number of rotatable bonds is 7. The summed E-state index contributed by atoms with van der Waals surface area (Å²) in [6, 6.07) is 11.1. The monoisotopic (exact) mass is 378 g/mol. The van der Waals surface area contributed by atoms with Crippen LogP contribution < -0.4 is 14.8 Å². The minimum Gasteiger partial charge on any atom is -0.493 e. The minimum absolute atomic E-state index is 0.00124. The molecule has 0 bridgehead atoms. The van der Waals surface area contributed by atoms with Gasteiger partial charge in [-0.15, -0.1) is 0 Å². The normalized spacial score (nSPS) is 10.4. The van der Waals surface area contributed by atoms with E-state index in [9.17, 15) is 18.4 Å². The second-order valence-corrected chi connectivity index (χ2v) is 5.82. The Bertz CT molecular complexity index is 810. The average molecular weight is 378 g/mol. The summed E-state index contributed by atoms with van der Waals surface area (Å²) in [6.45, 7) is -1.25. The van der Waals surface area contributed by atoms with E-state index in [1.165, 1.54) is 37.3 Å². The fourth-order valence-electron chi connectivity index (χ4n) is 2.34. The number of nitrogens with zero attached hydrogens (tertiary/aromatic N) is 1. The van der Waals surface area contributed by atoms with Crippen LogP contribution in [0.5, 0.6) is 11.5 Å². The molecular weight excluding hydrogens is 358 g/mol. The third kappa shape index (κ3) is 5.67. The van der Waals surface area contributed by atoms with Gasteiger partial charge in [0.15, 0.2) is 11.5 Å². The van der Waals surface area contributed by atoms with Crippen LogP contribution in [0, 0.1) is 6.92 Å². The summed E-state index contributed by atoms with van der Waals surface area (Å²) < 4.78 is 34.0. The Morgan fingerprint density at radius 1 is 1.11 bits per heavy atom. The molecule has 0 aliphatic carbocycles. The zero-order valence-electron chi connectivity index (χ0n) is 15.2. The van der Waals surface area contributed by atoms with Gasteiger partial charge in [-0.2, -0.15) is 8.78 Å². The molecule has 1 N–H and O–H groups in total. The fourth-order valence-corrected chi connectivity index (χ4v) is 2.34. The molecule has 0 unspecified atom stereocenters. The van der Waals surface area contributed by atoms with Crippen molar-refractivity contribution < 1.29 is 27.8 Å². The van der Waals surface area contributed by atoms with Crippen LogP contribution in [0.1, 0.15) is 15.9 Å². The number of amides is 2. The number of alkyl halides is 2. The first-order chi connectivity index (χ1) is 12.8. The quantitative estimate of drug-likeness (QED) is 0.803. The summed E-state index contributed by atoms with van der Waals surface area (Å²) in [7, 11) is 2.74. The summed E-state index contributed by atoms with van der Waals surface area (Å²) in [5.41, 5.74) is 1.87. The first-order valence-corrected chi connectivity index (χ1v) is 8.05. The lowest BCUT2D eigenvalue weighted by Crippen LogP contribution is -2.34. The zero-order chi connectivity index (χ0) is 20.0. The van der Waals surface area contributed by atoms with Crippen LogP contribution in [0.25, 0.3) is 0 Å². The van der Waals surface area contributed by atoms with Crippen LogP contribution in [-0.4, -0.2) is 44.0 Å². The van der Waals surface area contributed by atoms with Crippen LogP contribution >= 0.6 is 0 Å². The molecule has 144 valence electrons. The van der Waals surface area contributed by atoms with E-state index in [0.717, 1.165) is 5.56 Å². The SMILES string of the molecule is COc1cc(C(=O)N(C)CC(=O)Nc2ccc(C)cc2)ccc1OC(F)F. The van der Waals surface area contributed by atoms with Crippen molar-refractivity contribution >= 4 is 17.5 Å². The number of ether oxygens (including phenoxy) is 2. The molecule has 0 heterocycles. The second-order valence-electron chi connectivity index (χ2n) is 5.82. The molecule has 0 aromatic heterocycles. The number of hydrogen-bond acceptors (Lipinski definition) is 4. The number of halogens is 2. The van der Waals surface area contributed by atoms with Crippen molar-refractivity contribution in [1.82, 2.24) is 4.90 Å². The average Bonchev–Trinajstić information content (AvgIpc) is 2.62. The lowest BCUT2D eigenvalue weighted by atomic mass is 10.1. The van der Waals surface area contributed by atoms with Gasteiger partial charge in [-0.25, -0.2) is 0 Å². The molecule has 0 radical (unpaired) electrons. The summed E-state index contributed by atoms with van der Waals surface area (Å²) in [5.74, 6) is -1.00. The maximum Gasteiger partial charge on any atom is 0.387 e. The van der Waals surface area contributed by atoms with Gasteiger partial charge >= 0.3 is 6.61 Å². The molecule has 0 aliphatic rings. The van der Waals surface area contributed by atoms with Gasteiger partial charge in [0.1, 0.15) is 0 Å². The van der Waals surface area contributed by atoms with Crippen molar-refractivity contribution in [3.05, 3.63) is 53.6 Å². The Morgan fingerprint density at radius 2 is 1.78 bits per heavy atom. The Hall–Kier alpha value is -3.16. The molecule has 2 rings (SSSR count). The summed E-state index contributed by atoms with van der Waals surface area (Å²) in [6.07, 6.45) is 0. The summed E-state index contributed by atoms with van der Waals surface area (Å²) in [5, 5.41) is 2.70. The third-order valence-electron chi connectivity index (χ3n) is 3.69. The number of carbonyl (C=O) groups is 2. The molecule has 2 aromatic rings. The van der Waals surface area contributed by atoms with Crippen molar-refractivity contribution in [2.75, 3.05) is 26.0 Å². The molecule has 27 heavy (non-hydrogen) atoms. The number of nitrogens with one attached hydrogen (secondary N) is 1. The maximum absolute atomic E-state index is 12.5. The Kier molecular flexibility index (Phi) is 6.70. The van der Waals surface area contributed by atoms with Gasteiger partial charge in [-0.1, -0.05) is 17.7 Å². The second kappa shape index (κ2) is 8.98. The highest BCUT2D eigenvalue weighted by molar-refractivity contribution is 5.99. The number of hydrogen-bond donors (Lipinski definition) is 1. The molecule has 0 saturated carbocycles. The van der Waals surface area contributed by atoms with Crippen LogP contribution in [0.2, 0.25) is 0 Å². The maximum atomic E-state index is 12.5. The van der Waals surface area contributed by atoms with Crippen molar-refractivity contribution in [3.8, 4) is 11.5 Å². The number of carbonyl (C=O) groups excluding carboxylic acids is 2. The molecule has 0 aliphatic heterocycles. The predicted octanol–water partition coefficient (Wildman–Crippen LogP) is 3.32. The Labute approximate surface area is 155 Å². The summed E-state index contributed by atoms with van der Waals surface area (Å²) >= 11 is 0. The molecule has 8 heteroatoms. The van der Waals surface area contributed by atoms with Gasteiger partial charge in [-0.05, 0) is 37.3 Å². The minimum atomic E-state index is -3.01. The molecule has 0 fully saturated rings. The number of benzene rings is 2. The van der Waals surface area contributed by atoms with Crippen molar-refractivity contribution in [2.24, 2.45) is 0 Å². The zero-order valence-corrected chi connectivity index (χ0v) is 15.2. The van der Waals surface area contributed by atoms with E-state index in [4.69, 9.17) is 4.74 Å². The first kappa shape index (κ1) is 20.2. The van der Waals surface area contributed by atoms with Gasteiger partial charge in [0, 0.05) is 18.3 Å². The van der Waals surface area contributed by atoms with Crippen molar-refractivity contribution in [1.29, 1.82) is 0 Å². The van der Waals surface area contributed by atoms with E-state index < -0.39 is 12.5 Å². The predicted molar refractivity (Wildman–Crippen MR) is 96.4 cm³/mol. The standard InChI is InChI=1S/C19H20F2N2O4/c1-12-4-7-14(8-5-12)22-17(24)11-23(2)18(25)13-6-9-15(27-19(20)21)16(10-13)26-3/h4-10,19H,11H2,1-3H3,(H,22,24). The number of anilines is 1. The van der Waals surface area contributed by atoms with E-state index in [2.05, 4.69) is 10.1 Å². The number of likely N-dealkylation sites (N-methyl/N-ethyl adjacent to an activating group) is 1.